The fourth-order valence-electron chi connectivity index (χ4n) is 3.62. The molecule has 0 radical (unpaired) electrons. The van der Waals surface area contributed by atoms with Gasteiger partial charge in [0, 0.05) is 32.5 Å². The molecule has 0 amide bonds. The van der Waals surface area contributed by atoms with E-state index in [0.717, 1.165) is 31.2 Å². The quantitative estimate of drug-likeness (QED) is 0.145. The molecule has 0 saturated carbocycles. The number of hydrogen-bond donors (Lipinski definition) is 0. The highest BCUT2D eigenvalue weighted by molar-refractivity contribution is 6.60. The van der Waals surface area contributed by atoms with Gasteiger partial charge >= 0.3 is 8.80 Å². The zero-order valence-electron chi connectivity index (χ0n) is 20.2. The first-order valence-electron chi connectivity index (χ1n) is 12.4. The van der Waals surface area contributed by atoms with Gasteiger partial charge in [-0.05, 0) is 45.7 Å². The molecule has 0 atom stereocenters. The molecule has 31 heavy (non-hydrogen) atoms. The van der Waals surface area contributed by atoms with E-state index in [1.807, 2.05) is 51.1 Å². The van der Waals surface area contributed by atoms with Gasteiger partial charge in [0.1, 0.15) is 12.4 Å². The number of ether oxygens (including phenoxy) is 2. The summed E-state index contributed by atoms with van der Waals surface area (Å²) >= 11 is 0. The SMILES string of the molecule is CCO[Si](CCCCCCCCCCCOCCOc1ccccc1)(OCC)OCC. The van der Waals surface area contributed by atoms with Crippen molar-refractivity contribution >= 4 is 8.80 Å². The van der Waals surface area contributed by atoms with Crippen LogP contribution in [0.1, 0.15) is 78.6 Å². The maximum Gasteiger partial charge on any atom is 0.500 e. The van der Waals surface area contributed by atoms with E-state index in [2.05, 4.69) is 0 Å². The van der Waals surface area contributed by atoms with E-state index in [-0.39, 0.29) is 0 Å². The van der Waals surface area contributed by atoms with Crippen LogP contribution in [0.25, 0.3) is 0 Å². The third-order valence-corrected chi connectivity index (χ3v) is 8.26. The second kappa shape index (κ2) is 19.7. The molecular formula is C25H46O5Si. The molecule has 0 aliphatic heterocycles. The van der Waals surface area contributed by atoms with Crippen molar-refractivity contribution in [2.45, 2.75) is 84.6 Å². The van der Waals surface area contributed by atoms with Gasteiger partial charge in [0.15, 0.2) is 0 Å². The van der Waals surface area contributed by atoms with Crippen molar-refractivity contribution < 1.29 is 22.8 Å². The average molecular weight is 455 g/mol. The fourth-order valence-corrected chi connectivity index (χ4v) is 6.31. The third kappa shape index (κ3) is 14.7. The predicted molar refractivity (Wildman–Crippen MR) is 130 cm³/mol. The molecule has 0 aromatic heterocycles. The van der Waals surface area contributed by atoms with E-state index in [4.69, 9.17) is 22.8 Å². The predicted octanol–water partition coefficient (Wildman–Crippen LogP) is 6.64. The van der Waals surface area contributed by atoms with Crippen molar-refractivity contribution in [3.8, 4) is 5.75 Å². The Bertz CT molecular complexity index is 483. The van der Waals surface area contributed by atoms with Crippen LogP contribution in [0, 0.1) is 0 Å². The average Bonchev–Trinajstić information content (AvgIpc) is 2.77. The Morgan fingerprint density at radius 2 is 1.10 bits per heavy atom. The first-order chi connectivity index (χ1) is 15.3. The molecule has 0 spiro atoms. The molecule has 5 nitrogen and oxygen atoms in total. The number of benzene rings is 1. The van der Waals surface area contributed by atoms with E-state index >= 15 is 0 Å². The van der Waals surface area contributed by atoms with Gasteiger partial charge in [-0.1, -0.05) is 63.1 Å². The Kier molecular flexibility index (Phi) is 17.9. The standard InChI is InChI=1S/C25H46O5Si/c1-4-28-31(29-5-2,30-6-3)24-18-13-11-9-7-8-10-12-17-21-26-22-23-27-25-19-15-14-16-20-25/h14-16,19-20H,4-13,17-18,21-24H2,1-3H3. The summed E-state index contributed by atoms with van der Waals surface area (Å²) in [5, 5.41) is 0. The lowest BCUT2D eigenvalue weighted by molar-refractivity contribution is 0.0706. The van der Waals surface area contributed by atoms with Crippen LogP contribution < -0.4 is 4.74 Å². The van der Waals surface area contributed by atoms with Gasteiger partial charge in [0.2, 0.25) is 0 Å². The van der Waals surface area contributed by atoms with E-state index in [9.17, 15) is 0 Å². The van der Waals surface area contributed by atoms with E-state index in [1.165, 1.54) is 44.9 Å². The lowest BCUT2D eigenvalue weighted by Crippen LogP contribution is -2.45. The molecule has 0 saturated heterocycles. The van der Waals surface area contributed by atoms with E-state index < -0.39 is 8.80 Å². The van der Waals surface area contributed by atoms with Crippen LogP contribution in [0.4, 0.5) is 0 Å². The van der Waals surface area contributed by atoms with Crippen molar-refractivity contribution in [2.75, 3.05) is 39.6 Å². The molecule has 1 rings (SSSR count). The zero-order valence-corrected chi connectivity index (χ0v) is 21.2. The summed E-state index contributed by atoms with van der Waals surface area (Å²) < 4.78 is 29.0. The second-order valence-corrected chi connectivity index (χ2v) is 10.4. The molecular weight excluding hydrogens is 408 g/mol. The first-order valence-corrected chi connectivity index (χ1v) is 14.4. The van der Waals surface area contributed by atoms with Crippen molar-refractivity contribution in [3.05, 3.63) is 30.3 Å². The molecule has 0 bridgehead atoms. The van der Waals surface area contributed by atoms with Crippen LogP contribution in [0.5, 0.6) is 5.75 Å². The molecule has 0 fully saturated rings. The van der Waals surface area contributed by atoms with Crippen LogP contribution in [0.2, 0.25) is 6.04 Å². The summed E-state index contributed by atoms with van der Waals surface area (Å²) in [5.74, 6) is 0.908. The topological polar surface area (TPSA) is 46.2 Å². The minimum Gasteiger partial charge on any atom is -0.491 e. The van der Waals surface area contributed by atoms with Gasteiger partial charge in [0.25, 0.3) is 0 Å². The molecule has 0 unspecified atom stereocenters. The van der Waals surface area contributed by atoms with Crippen LogP contribution in [0.3, 0.4) is 0 Å². The maximum absolute atomic E-state index is 5.92. The van der Waals surface area contributed by atoms with Crippen LogP contribution in [-0.4, -0.2) is 48.4 Å². The summed E-state index contributed by atoms with van der Waals surface area (Å²) in [7, 11) is -2.44. The minimum absolute atomic E-state index is 0.618. The summed E-state index contributed by atoms with van der Waals surface area (Å²) in [6, 6.07) is 10.8. The van der Waals surface area contributed by atoms with Gasteiger partial charge in [-0.2, -0.15) is 0 Å². The Hall–Kier alpha value is -0.923. The molecule has 0 aliphatic carbocycles. The Labute approximate surface area is 192 Å². The molecule has 0 N–H and O–H groups in total. The van der Waals surface area contributed by atoms with Crippen LogP contribution in [-0.2, 0) is 18.0 Å². The Balaban J connectivity index is 1.88. The monoisotopic (exact) mass is 454 g/mol. The first kappa shape index (κ1) is 28.1. The number of hydrogen-bond acceptors (Lipinski definition) is 5. The summed E-state index contributed by atoms with van der Waals surface area (Å²) in [4.78, 5) is 0. The molecule has 1 aromatic rings. The Morgan fingerprint density at radius 3 is 1.65 bits per heavy atom. The summed E-state index contributed by atoms with van der Waals surface area (Å²) in [5.41, 5.74) is 0. The number of unbranched alkanes of at least 4 members (excludes halogenated alkanes) is 8. The van der Waals surface area contributed by atoms with Gasteiger partial charge in [-0.15, -0.1) is 0 Å². The highest BCUT2D eigenvalue weighted by Gasteiger charge is 2.39. The van der Waals surface area contributed by atoms with Crippen molar-refractivity contribution in [1.29, 1.82) is 0 Å². The molecule has 6 heteroatoms. The van der Waals surface area contributed by atoms with Crippen molar-refractivity contribution in [2.24, 2.45) is 0 Å². The largest absolute Gasteiger partial charge is 0.500 e. The van der Waals surface area contributed by atoms with E-state index in [0.29, 0.717) is 33.0 Å². The minimum atomic E-state index is -2.44. The van der Waals surface area contributed by atoms with Gasteiger partial charge in [0.05, 0.1) is 6.61 Å². The van der Waals surface area contributed by atoms with Crippen molar-refractivity contribution in [1.82, 2.24) is 0 Å². The molecule has 180 valence electrons. The normalized spacial score (nSPS) is 11.7. The highest BCUT2D eigenvalue weighted by atomic mass is 28.4. The van der Waals surface area contributed by atoms with Crippen LogP contribution in [0.15, 0.2) is 30.3 Å². The van der Waals surface area contributed by atoms with Crippen LogP contribution >= 0.6 is 0 Å². The molecule has 1 aromatic carbocycles. The lowest BCUT2D eigenvalue weighted by Gasteiger charge is -2.28. The molecule has 0 aliphatic rings. The smallest absolute Gasteiger partial charge is 0.491 e. The lowest BCUT2D eigenvalue weighted by atomic mass is 10.1. The fraction of sp³-hybridized carbons (Fsp3) is 0.760. The third-order valence-electron chi connectivity index (χ3n) is 5.10. The van der Waals surface area contributed by atoms with E-state index in [1.54, 1.807) is 0 Å². The Morgan fingerprint density at radius 1 is 0.581 bits per heavy atom. The molecule has 0 heterocycles. The maximum atomic E-state index is 5.92. The van der Waals surface area contributed by atoms with Gasteiger partial charge in [-0.3, -0.25) is 0 Å². The van der Waals surface area contributed by atoms with Gasteiger partial charge < -0.3 is 22.8 Å². The summed E-state index contributed by atoms with van der Waals surface area (Å²) in [6.07, 6.45) is 11.3. The van der Waals surface area contributed by atoms with Crippen molar-refractivity contribution in [3.63, 3.8) is 0 Å². The van der Waals surface area contributed by atoms with Gasteiger partial charge in [-0.25, -0.2) is 0 Å². The highest BCUT2D eigenvalue weighted by Crippen LogP contribution is 2.21. The number of para-hydroxylation sites is 1. The second-order valence-electron chi connectivity index (χ2n) is 7.69. The summed E-state index contributed by atoms with van der Waals surface area (Å²) in [6.45, 7) is 10.2. The zero-order chi connectivity index (χ0) is 22.5. The number of rotatable bonds is 22.